The van der Waals surface area contributed by atoms with Crippen molar-refractivity contribution in [1.29, 1.82) is 0 Å². The largest absolute Gasteiger partial charge is 0.504 e. The van der Waals surface area contributed by atoms with E-state index in [1.165, 1.54) is 12.1 Å². The van der Waals surface area contributed by atoms with E-state index in [1.807, 2.05) is 32.0 Å². The second kappa shape index (κ2) is 6.31. The third-order valence-electron chi connectivity index (χ3n) is 3.38. The molecule has 21 heavy (non-hydrogen) atoms. The van der Waals surface area contributed by atoms with Crippen molar-refractivity contribution in [1.82, 2.24) is 5.32 Å². The zero-order chi connectivity index (χ0) is 15.4. The van der Waals surface area contributed by atoms with E-state index in [1.54, 1.807) is 6.07 Å². The molecule has 0 aliphatic rings. The van der Waals surface area contributed by atoms with Crippen LogP contribution in [0.25, 0.3) is 0 Å². The molecular formula is C17H19NO3. The first kappa shape index (κ1) is 14.9. The lowest BCUT2D eigenvalue weighted by atomic mass is 10.0. The highest BCUT2D eigenvalue weighted by Crippen LogP contribution is 2.24. The van der Waals surface area contributed by atoms with Gasteiger partial charge in [-0.2, -0.15) is 0 Å². The van der Waals surface area contributed by atoms with Crippen molar-refractivity contribution in [3.8, 4) is 11.5 Å². The summed E-state index contributed by atoms with van der Waals surface area (Å²) in [6.07, 6.45) is 0.588. The molecule has 0 heterocycles. The minimum absolute atomic E-state index is 0.0980. The van der Waals surface area contributed by atoms with Crippen molar-refractivity contribution >= 4 is 5.91 Å². The van der Waals surface area contributed by atoms with E-state index >= 15 is 0 Å². The summed E-state index contributed by atoms with van der Waals surface area (Å²) in [6.45, 7) is 4.33. The Morgan fingerprint density at radius 2 is 1.81 bits per heavy atom. The van der Waals surface area contributed by atoms with Gasteiger partial charge in [-0.15, -0.1) is 0 Å². The highest BCUT2D eigenvalue weighted by Gasteiger charge is 2.08. The van der Waals surface area contributed by atoms with Gasteiger partial charge in [0, 0.05) is 12.1 Å². The molecule has 0 saturated heterocycles. The van der Waals surface area contributed by atoms with E-state index in [4.69, 9.17) is 0 Å². The van der Waals surface area contributed by atoms with Gasteiger partial charge >= 0.3 is 0 Å². The SMILES string of the molecule is Cc1ccc(C)c(C(=O)NCCc2ccc(O)c(O)c2)c1. The Kier molecular flexibility index (Phi) is 4.48. The molecule has 2 rings (SSSR count). The number of benzene rings is 2. The summed E-state index contributed by atoms with van der Waals surface area (Å²) < 4.78 is 0. The van der Waals surface area contributed by atoms with Gasteiger partial charge in [0.15, 0.2) is 11.5 Å². The number of rotatable bonds is 4. The number of aryl methyl sites for hydroxylation is 2. The van der Waals surface area contributed by atoms with Crippen LogP contribution in [0, 0.1) is 13.8 Å². The van der Waals surface area contributed by atoms with Gasteiger partial charge in [-0.1, -0.05) is 23.8 Å². The van der Waals surface area contributed by atoms with Crippen molar-refractivity contribution in [2.45, 2.75) is 20.3 Å². The quantitative estimate of drug-likeness (QED) is 0.756. The maximum Gasteiger partial charge on any atom is 0.251 e. The Morgan fingerprint density at radius 1 is 1.05 bits per heavy atom. The van der Waals surface area contributed by atoms with Gasteiger partial charge in [0.25, 0.3) is 5.91 Å². The molecule has 3 N–H and O–H groups in total. The van der Waals surface area contributed by atoms with Gasteiger partial charge in [0.2, 0.25) is 0 Å². The number of hydrogen-bond acceptors (Lipinski definition) is 3. The van der Waals surface area contributed by atoms with Crippen LogP contribution >= 0.6 is 0 Å². The first-order valence-corrected chi connectivity index (χ1v) is 6.83. The average molecular weight is 285 g/mol. The van der Waals surface area contributed by atoms with E-state index in [0.29, 0.717) is 18.5 Å². The van der Waals surface area contributed by atoms with Crippen LogP contribution in [0.5, 0.6) is 11.5 Å². The first-order valence-electron chi connectivity index (χ1n) is 6.83. The third-order valence-corrected chi connectivity index (χ3v) is 3.38. The van der Waals surface area contributed by atoms with Crippen LogP contribution in [0.3, 0.4) is 0 Å². The maximum absolute atomic E-state index is 12.1. The van der Waals surface area contributed by atoms with Gasteiger partial charge in [0.1, 0.15) is 0 Å². The molecule has 0 bridgehead atoms. The number of hydrogen-bond donors (Lipinski definition) is 3. The molecule has 4 nitrogen and oxygen atoms in total. The molecule has 0 atom stereocenters. The van der Waals surface area contributed by atoms with Crippen molar-refractivity contribution in [2.75, 3.05) is 6.54 Å². The Balaban J connectivity index is 1.95. The molecular weight excluding hydrogens is 266 g/mol. The predicted molar refractivity (Wildman–Crippen MR) is 81.7 cm³/mol. The lowest BCUT2D eigenvalue weighted by Gasteiger charge is -2.09. The molecule has 2 aromatic carbocycles. The standard InChI is InChI=1S/C17H19NO3/c1-11-3-4-12(2)14(9-11)17(21)18-8-7-13-5-6-15(19)16(20)10-13/h3-6,9-10,19-20H,7-8H2,1-2H3,(H,18,21). The summed E-state index contributed by atoms with van der Waals surface area (Å²) >= 11 is 0. The molecule has 0 aliphatic heterocycles. The minimum Gasteiger partial charge on any atom is -0.504 e. The Labute approximate surface area is 124 Å². The van der Waals surface area contributed by atoms with Crippen molar-refractivity contribution < 1.29 is 15.0 Å². The fourth-order valence-electron chi connectivity index (χ4n) is 2.12. The van der Waals surface area contributed by atoms with Crippen molar-refractivity contribution in [3.63, 3.8) is 0 Å². The lowest BCUT2D eigenvalue weighted by molar-refractivity contribution is 0.0953. The van der Waals surface area contributed by atoms with Crippen LogP contribution in [0.4, 0.5) is 0 Å². The van der Waals surface area contributed by atoms with Crippen LogP contribution in [-0.2, 0) is 6.42 Å². The summed E-state index contributed by atoms with van der Waals surface area (Å²) in [5.41, 5.74) is 3.53. The lowest BCUT2D eigenvalue weighted by Crippen LogP contribution is -2.26. The molecule has 0 spiro atoms. The second-order valence-electron chi connectivity index (χ2n) is 5.15. The van der Waals surface area contributed by atoms with E-state index in [2.05, 4.69) is 5.32 Å². The summed E-state index contributed by atoms with van der Waals surface area (Å²) in [6, 6.07) is 10.4. The molecule has 0 aromatic heterocycles. The number of nitrogens with one attached hydrogen (secondary N) is 1. The minimum atomic E-state index is -0.145. The molecule has 4 heteroatoms. The van der Waals surface area contributed by atoms with Crippen LogP contribution < -0.4 is 5.32 Å². The van der Waals surface area contributed by atoms with E-state index in [-0.39, 0.29) is 17.4 Å². The molecule has 2 aromatic rings. The molecule has 110 valence electrons. The monoisotopic (exact) mass is 285 g/mol. The third kappa shape index (κ3) is 3.75. The highest BCUT2D eigenvalue weighted by molar-refractivity contribution is 5.95. The summed E-state index contributed by atoms with van der Waals surface area (Å²) in [4.78, 5) is 12.1. The van der Waals surface area contributed by atoms with Crippen LogP contribution in [0.15, 0.2) is 36.4 Å². The summed E-state index contributed by atoms with van der Waals surface area (Å²) in [7, 11) is 0. The second-order valence-corrected chi connectivity index (χ2v) is 5.15. The van der Waals surface area contributed by atoms with Gasteiger partial charge < -0.3 is 15.5 Å². The van der Waals surface area contributed by atoms with Gasteiger partial charge in [-0.25, -0.2) is 0 Å². The smallest absolute Gasteiger partial charge is 0.251 e. The summed E-state index contributed by atoms with van der Waals surface area (Å²) in [5.74, 6) is -0.384. The topological polar surface area (TPSA) is 69.6 Å². The van der Waals surface area contributed by atoms with Crippen LogP contribution in [-0.4, -0.2) is 22.7 Å². The van der Waals surface area contributed by atoms with E-state index in [9.17, 15) is 15.0 Å². The van der Waals surface area contributed by atoms with Gasteiger partial charge in [-0.3, -0.25) is 4.79 Å². The number of carbonyl (C=O) groups is 1. The van der Waals surface area contributed by atoms with Crippen molar-refractivity contribution in [3.05, 3.63) is 58.7 Å². The Bertz CT molecular complexity index is 665. The Morgan fingerprint density at radius 3 is 2.52 bits per heavy atom. The zero-order valence-corrected chi connectivity index (χ0v) is 12.2. The zero-order valence-electron chi connectivity index (χ0n) is 12.2. The highest BCUT2D eigenvalue weighted by atomic mass is 16.3. The molecule has 0 saturated carbocycles. The molecule has 0 radical (unpaired) electrons. The number of phenolic OH excluding ortho intramolecular Hbond substituents is 2. The van der Waals surface area contributed by atoms with Crippen molar-refractivity contribution in [2.24, 2.45) is 0 Å². The Hall–Kier alpha value is -2.49. The van der Waals surface area contributed by atoms with Crippen LogP contribution in [0.2, 0.25) is 0 Å². The molecule has 0 unspecified atom stereocenters. The number of carbonyl (C=O) groups excluding carboxylic acids is 1. The average Bonchev–Trinajstić information content (AvgIpc) is 2.45. The predicted octanol–water partition coefficient (Wildman–Crippen LogP) is 2.69. The molecule has 0 fully saturated rings. The number of phenols is 2. The van der Waals surface area contributed by atoms with Gasteiger partial charge in [-0.05, 0) is 49.6 Å². The summed E-state index contributed by atoms with van der Waals surface area (Å²) in [5, 5.41) is 21.5. The fraction of sp³-hybridized carbons (Fsp3) is 0.235. The van der Waals surface area contributed by atoms with E-state index < -0.39 is 0 Å². The molecule has 0 aliphatic carbocycles. The first-order chi connectivity index (χ1) is 9.97. The number of amides is 1. The van der Waals surface area contributed by atoms with E-state index in [0.717, 1.165) is 16.7 Å². The number of aromatic hydroxyl groups is 2. The van der Waals surface area contributed by atoms with Gasteiger partial charge in [0.05, 0.1) is 0 Å². The maximum atomic E-state index is 12.1. The fourth-order valence-corrected chi connectivity index (χ4v) is 2.12. The normalized spacial score (nSPS) is 10.4. The molecule has 1 amide bonds. The van der Waals surface area contributed by atoms with Crippen LogP contribution in [0.1, 0.15) is 27.0 Å².